The lowest BCUT2D eigenvalue weighted by Gasteiger charge is -2.04. The maximum atomic E-state index is 5.69. The lowest BCUT2D eigenvalue weighted by molar-refractivity contribution is 0.962. The van der Waals surface area contributed by atoms with Crippen molar-refractivity contribution >= 4 is 11.3 Å². The Morgan fingerprint density at radius 2 is 1.78 bits per heavy atom. The standard InChI is InChI=1S/C13H13N5/c1-8-7-12-16-17-13(18(12)9(2)15-8)10-3-5-11(14)6-4-10/h3-7H,14H2,1-2H3. The quantitative estimate of drug-likeness (QED) is 0.659. The zero-order chi connectivity index (χ0) is 12.7. The van der Waals surface area contributed by atoms with Crippen LogP contribution in [0.5, 0.6) is 0 Å². The summed E-state index contributed by atoms with van der Waals surface area (Å²) >= 11 is 0. The summed E-state index contributed by atoms with van der Waals surface area (Å²) < 4.78 is 1.94. The van der Waals surface area contributed by atoms with Crippen molar-refractivity contribution in [2.45, 2.75) is 13.8 Å². The molecule has 0 radical (unpaired) electrons. The van der Waals surface area contributed by atoms with Gasteiger partial charge in [0.25, 0.3) is 0 Å². The summed E-state index contributed by atoms with van der Waals surface area (Å²) in [5.74, 6) is 1.66. The summed E-state index contributed by atoms with van der Waals surface area (Å²) in [7, 11) is 0. The van der Waals surface area contributed by atoms with Crippen molar-refractivity contribution in [2.75, 3.05) is 5.73 Å². The van der Waals surface area contributed by atoms with Gasteiger partial charge in [-0.3, -0.25) is 4.40 Å². The molecule has 5 heteroatoms. The highest BCUT2D eigenvalue weighted by Gasteiger charge is 2.10. The first-order chi connectivity index (χ1) is 8.65. The van der Waals surface area contributed by atoms with Crippen molar-refractivity contribution in [1.82, 2.24) is 19.6 Å². The van der Waals surface area contributed by atoms with E-state index in [1.54, 1.807) is 0 Å². The van der Waals surface area contributed by atoms with E-state index in [9.17, 15) is 0 Å². The SMILES string of the molecule is Cc1cc2nnc(-c3ccc(N)cc3)n2c(C)n1. The third-order valence-corrected chi connectivity index (χ3v) is 2.86. The van der Waals surface area contributed by atoms with Crippen LogP contribution in [0.1, 0.15) is 11.5 Å². The number of rotatable bonds is 1. The monoisotopic (exact) mass is 239 g/mol. The molecule has 2 heterocycles. The highest BCUT2D eigenvalue weighted by Crippen LogP contribution is 2.20. The zero-order valence-electron chi connectivity index (χ0n) is 10.3. The van der Waals surface area contributed by atoms with Crippen molar-refractivity contribution in [1.29, 1.82) is 0 Å². The van der Waals surface area contributed by atoms with Crippen LogP contribution >= 0.6 is 0 Å². The maximum Gasteiger partial charge on any atom is 0.169 e. The smallest absolute Gasteiger partial charge is 0.169 e. The first kappa shape index (κ1) is 10.7. The normalized spacial score (nSPS) is 11.0. The van der Waals surface area contributed by atoms with E-state index in [1.807, 2.05) is 48.6 Å². The van der Waals surface area contributed by atoms with Gasteiger partial charge in [-0.2, -0.15) is 0 Å². The Hall–Kier alpha value is -2.43. The molecule has 0 spiro atoms. The minimum atomic E-state index is 0.735. The van der Waals surface area contributed by atoms with Crippen molar-refractivity contribution < 1.29 is 0 Å². The van der Waals surface area contributed by atoms with E-state index in [4.69, 9.17) is 5.73 Å². The van der Waals surface area contributed by atoms with Gasteiger partial charge in [0.05, 0.1) is 0 Å². The fraction of sp³-hybridized carbons (Fsp3) is 0.154. The van der Waals surface area contributed by atoms with Gasteiger partial charge in [-0.1, -0.05) is 0 Å². The molecule has 0 fully saturated rings. The highest BCUT2D eigenvalue weighted by molar-refractivity contribution is 5.62. The van der Waals surface area contributed by atoms with Crippen LogP contribution < -0.4 is 5.73 Å². The van der Waals surface area contributed by atoms with E-state index in [0.717, 1.165) is 34.2 Å². The Morgan fingerprint density at radius 3 is 2.50 bits per heavy atom. The summed E-state index contributed by atoms with van der Waals surface area (Å²) in [6.45, 7) is 3.90. The van der Waals surface area contributed by atoms with Gasteiger partial charge in [0, 0.05) is 23.0 Å². The molecule has 0 unspecified atom stereocenters. The average Bonchev–Trinajstić information content (AvgIpc) is 2.74. The number of aryl methyl sites for hydroxylation is 2. The molecule has 2 N–H and O–H groups in total. The summed E-state index contributed by atoms with van der Waals surface area (Å²) in [5, 5.41) is 8.41. The van der Waals surface area contributed by atoms with E-state index >= 15 is 0 Å². The van der Waals surface area contributed by atoms with Crippen LogP contribution in [0.4, 0.5) is 5.69 Å². The number of benzene rings is 1. The molecular formula is C13H13N5. The van der Waals surface area contributed by atoms with Gasteiger partial charge in [0.1, 0.15) is 5.82 Å². The molecule has 0 atom stereocenters. The third-order valence-electron chi connectivity index (χ3n) is 2.86. The molecule has 1 aromatic carbocycles. The first-order valence-corrected chi connectivity index (χ1v) is 5.70. The third kappa shape index (κ3) is 1.60. The number of nitrogens with two attached hydrogens (primary N) is 1. The van der Waals surface area contributed by atoms with Crippen LogP contribution in [0.15, 0.2) is 30.3 Å². The number of aromatic nitrogens is 4. The predicted molar refractivity (Wildman–Crippen MR) is 70.1 cm³/mol. The summed E-state index contributed by atoms with van der Waals surface area (Å²) in [6.07, 6.45) is 0. The molecule has 0 bridgehead atoms. The molecular weight excluding hydrogens is 226 g/mol. The Kier molecular flexibility index (Phi) is 2.26. The lowest BCUT2D eigenvalue weighted by Crippen LogP contribution is -1.99. The molecule has 2 aromatic heterocycles. The van der Waals surface area contributed by atoms with E-state index < -0.39 is 0 Å². The molecule has 0 aliphatic rings. The summed E-state index contributed by atoms with van der Waals surface area (Å²) in [4.78, 5) is 4.44. The fourth-order valence-corrected chi connectivity index (χ4v) is 2.05. The van der Waals surface area contributed by atoms with Gasteiger partial charge in [0.15, 0.2) is 11.5 Å². The van der Waals surface area contributed by atoms with Crippen LogP contribution in [-0.2, 0) is 0 Å². The van der Waals surface area contributed by atoms with Gasteiger partial charge < -0.3 is 5.73 Å². The van der Waals surface area contributed by atoms with E-state index in [1.165, 1.54) is 0 Å². The minimum Gasteiger partial charge on any atom is -0.399 e. The number of hydrogen-bond donors (Lipinski definition) is 1. The molecule has 5 nitrogen and oxygen atoms in total. The van der Waals surface area contributed by atoms with Gasteiger partial charge >= 0.3 is 0 Å². The molecule has 0 aliphatic heterocycles. The Morgan fingerprint density at radius 1 is 1.06 bits per heavy atom. The number of fused-ring (bicyclic) bond motifs is 1. The molecule has 18 heavy (non-hydrogen) atoms. The van der Waals surface area contributed by atoms with Gasteiger partial charge in [-0.15, -0.1) is 10.2 Å². The fourth-order valence-electron chi connectivity index (χ4n) is 2.05. The lowest BCUT2D eigenvalue weighted by atomic mass is 10.2. The number of hydrogen-bond acceptors (Lipinski definition) is 4. The minimum absolute atomic E-state index is 0.735. The van der Waals surface area contributed by atoms with Crippen LogP contribution in [-0.4, -0.2) is 19.6 Å². The summed E-state index contributed by atoms with van der Waals surface area (Å²) in [6, 6.07) is 9.50. The van der Waals surface area contributed by atoms with E-state index in [0.29, 0.717) is 0 Å². The van der Waals surface area contributed by atoms with Crippen molar-refractivity contribution in [3.63, 3.8) is 0 Å². The zero-order valence-corrected chi connectivity index (χ0v) is 10.3. The van der Waals surface area contributed by atoms with Crippen molar-refractivity contribution in [2.24, 2.45) is 0 Å². The van der Waals surface area contributed by atoms with Gasteiger partial charge in [-0.25, -0.2) is 4.98 Å². The molecule has 0 saturated heterocycles. The van der Waals surface area contributed by atoms with Crippen LogP contribution in [0.2, 0.25) is 0 Å². The van der Waals surface area contributed by atoms with E-state index in [2.05, 4.69) is 15.2 Å². The molecule has 90 valence electrons. The second-order valence-electron chi connectivity index (χ2n) is 4.28. The Labute approximate surface area is 104 Å². The average molecular weight is 239 g/mol. The maximum absolute atomic E-state index is 5.69. The molecule has 0 saturated carbocycles. The molecule has 3 aromatic rings. The predicted octanol–water partition coefficient (Wildman–Crippen LogP) is 1.99. The van der Waals surface area contributed by atoms with E-state index in [-0.39, 0.29) is 0 Å². The number of nitrogen functional groups attached to an aromatic ring is 1. The number of nitrogens with zero attached hydrogens (tertiary/aromatic N) is 4. The molecule has 0 aliphatic carbocycles. The largest absolute Gasteiger partial charge is 0.399 e. The van der Waals surface area contributed by atoms with Crippen LogP contribution in [0, 0.1) is 13.8 Å². The summed E-state index contributed by atoms with van der Waals surface area (Å²) in [5.41, 5.74) is 9.15. The number of anilines is 1. The van der Waals surface area contributed by atoms with Crippen molar-refractivity contribution in [3.05, 3.63) is 41.9 Å². The Bertz CT molecular complexity index is 712. The van der Waals surface area contributed by atoms with Gasteiger partial charge in [-0.05, 0) is 38.1 Å². The highest BCUT2D eigenvalue weighted by atomic mass is 15.3. The van der Waals surface area contributed by atoms with Crippen molar-refractivity contribution in [3.8, 4) is 11.4 Å². The molecule has 0 amide bonds. The topological polar surface area (TPSA) is 69.1 Å². The van der Waals surface area contributed by atoms with Crippen LogP contribution in [0.3, 0.4) is 0 Å². The first-order valence-electron chi connectivity index (χ1n) is 5.70. The van der Waals surface area contributed by atoms with Crippen LogP contribution in [0.25, 0.3) is 17.0 Å². The van der Waals surface area contributed by atoms with Gasteiger partial charge in [0.2, 0.25) is 0 Å². The molecule has 3 rings (SSSR count). The Balaban J connectivity index is 2.27. The second kappa shape index (κ2) is 3.80. The second-order valence-corrected chi connectivity index (χ2v) is 4.28.